The molecule has 1 aliphatic rings. The van der Waals surface area contributed by atoms with E-state index in [2.05, 4.69) is 5.32 Å². The maximum Gasteiger partial charge on any atom is 0.148 e. The summed E-state index contributed by atoms with van der Waals surface area (Å²) in [5.41, 5.74) is 0.590. The third kappa shape index (κ3) is 2.27. The molecule has 0 unspecified atom stereocenters. The van der Waals surface area contributed by atoms with Crippen molar-refractivity contribution in [2.45, 2.75) is 19.4 Å². The minimum Gasteiger partial charge on any atom is -0.389 e. The van der Waals surface area contributed by atoms with E-state index in [-0.39, 0.29) is 5.82 Å². The van der Waals surface area contributed by atoms with Crippen LogP contribution in [-0.4, -0.2) is 30.3 Å². The highest BCUT2D eigenvalue weighted by atomic mass is 19.1. The topological polar surface area (TPSA) is 35.5 Å². The van der Waals surface area contributed by atoms with E-state index in [9.17, 15) is 9.50 Å². The largest absolute Gasteiger partial charge is 0.389 e. The van der Waals surface area contributed by atoms with E-state index >= 15 is 0 Å². The van der Waals surface area contributed by atoms with Crippen molar-refractivity contribution in [3.05, 3.63) is 24.0 Å². The average molecular weight is 224 g/mol. The summed E-state index contributed by atoms with van der Waals surface area (Å²) in [6.07, 6.45) is 0. The fourth-order valence-corrected chi connectivity index (χ4v) is 2.02. The molecule has 1 aliphatic heterocycles. The number of fused-ring (bicyclic) bond motifs is 1. The van der Waals surface area contributed by atoms with E-state index in [1.165, 1.54) is 6.07 Å². The summed E-state index contributed by atoms with van der Waals surface area (Å²) in [4.78, 5) is 2.01. The Labute approximate surface area is 94.9 Å². The molecule has 0 saturated heterocycles. The molecule has 0 aromatic heterocycles. The van der Waals surface area contributed by atoms with Crippen molar-refractivity contribution < 1.29 is 9.50 Å². The Bertz CT molecular complexity index is 387. The number of benzene rings is 1. The van der Waals surface area contributed by atoms with Crippen LogP contribution >= 0.6 is 0 Å². The predicted molar refractivity (Wildman–Crippen MR) is 63.4 cm³/mol. The van der Waals surface area contributed by atoms with Gasteiger partial charge >= 0.3 is 0 Å². The molecule has 1 heterocycles. The van der Waals surface area contributed by atoms with Gasteiger partial charge in [-0.15, -0.1) is 0 Å². The lowest BCUT2D eigenvalue weighted by atomic mass is 10.1. The Morgan fingerprint density at radius 1 is 1.50 bits per heavy atom. The Balaban J connectivity index is 2.30. The number of β-amino-alcohol motifs (C(OH)–C–C–N with tert-alkyl or cyclic N) is 1. The Morgan fingerprint density at radius 2 is 2.25 bits per heavy atom. The van der Waals surface area contributed by atoms with Gasteiger partial charge in [0, 0.05) is 19.6 Å². The lowest BCUT2D eigenvalue weighted by Gasteiger charge is -2.35. The van der Waals surface area contributed by atoms with Gasteiger partial charge in [-0.3, -0.25) is 0 Å². The van der Waals surface area contributed by atoms with Gasteiger partial charge in [0.1, 0.15) is 5.82 Å². The molecule has 88 valence electrons. The van der Waals surface area contributed by atoms with Crippen LogP contribution in [0.1, 0.15) is 13.8 Å². The van der Waals surface area contributed by atoms with E-state index in [1.807, 2.05) is 11.0 Å². The monoisotopic (exact) mass is 224 g/mol. The van der Waals surface area contributed by atoms with Gasteiger partial charge in [0.05, 0.1) is 17.0 Å². The summed E-state index contributed by atoms with van der Waals surface area (Å²) in [6, 6.07) is 5.01. The fraction of sp³-hybridized carbons (Fsp3) is 0.500. The van der Waals surface area contributed by atoms with Crippen molar-refractivity contribution in [1.82, 2.24) is 0 Å². The minimum atomic E-state index is -0.777. The van der Waals surface area contributed by atoms with Crippen molar-refractivity contribution in [2.24, 2.45) is 0 Å². The second-order valence-corrected chi connectivity index (χ2v) is 4.79. The zero-order valence-electron chi connectivity index (χ0n) is 9.63. The number of aliphatic hydroxyl groups is 1. The van der Waals surface area contributed by atoms with Crippen LogP contribution in [0.4, 0.5) is 15.8 Å². The number of anilines is 2. The van der Waals surface area contributed by atoms with Crippen LogP contribution in [-0.2, 0) is 0 Å². The number of hydrogen-bond donors (Lipinski definition) is 2. The maximum absolute atomic E-state index is 13.5. The van der Waals surface area contributed by atoms with Gasteiger partial charge in [-0.05, 0) is 26.0 Å². The lowest BCUT2D eigenvalue weighted by molar-refractivity contribution is 0.0874. The first kappa shape index (κ1) is 11.2. The second kappa shape index (κ2) is 3.94. The highest BCUT2D eigenvalue weighted by Crippen LogP contribution is 2.31. The molecule has 0 fully saturated rings. The van der Waals surface area contributed by atoms with Crippen LogP contribution < -0.4 is 10.2 Å². The minimum absolute atomic E-state index is 0.238. The first-order chi connectivity index (χ1) is 7.47. The molecule has 2 N–H and O–H groups in total. The molecular weight excluding hydrogens is 207 g/mol. The van der Waals surface area contributed by atoms with Crippen LogP contribution in [0.2, 0.25) is 0 Å². The average Bonchev–Trinajstić information content (AvgIpc) is 2.17. The predicted octanol–water partition coefficient (Wildman–Crippen LogP) is 1.83. The Kier molecular flexibility index (Phi) is 2.76. The van der Waals surface area contributed by atoms with E-state index in [1.54, 1.807) is 19.9 Å². The van der Waals surface area contributed by atoms with Gasteiger partial charge < -0.3 is 15.3 Å². The van der Waals surface area contributed by atoms with Crippen molar-refractivity contribution >= 4 is 11.4 Å². The van der Waals surface area contributed by atoms with Gasteiger partial charge in [0.15, 0.2) is 0 Å². The standard InChI is InChI=1S/C12H17FN2O/c1-12(2,16)8-15-7-6-14-11-9(13)4-3-5-10(11)15/h3-5,14,16H,6-8H2,1-2H3. The first-order valence-corrected chi connectivity index (χ1v) is 5.47. The van der Waals surface area contributed by atoms with Crippen LogP contribution in [0, 0.1) is 5.82 Å². The summed E-state index contributed by atoms with van der Waals surface area (Å²) in [5, 5.41) is 12.9. The van der Waals surface area contributed by atoms with Gasteiger partial charge in [-0.2, -0.15) is 0 Å². The Hall–Kier alpha value is -1.29. The van der Waals surface area contributed by atoms with Crippen molar-refractivity contribution in [3.8, 4) is 0 Å². The quantitative estimate of drug-likeness (QED) is 0.804. The van der Waals surface area contributed by atoms with E-state index in [4.69, 9.17) is 0 Å². The van der Waals surface area contributed by atoms with Gasteiger partial charge in [-0.1, -0.05) is 6.07 Å². The molecule has 0 spiro atoms. The van der Waals surface area contributed by atoms with Gasteiger partial charge in [-0.25, -0.2) is 4.39 Å². The fourth-order valence-electron chi connectivity index (χ4n) is 2.02. The highest BCUT2D eigenvalue weighted by Gasteiger charge is 2.24. The zero-order chi connectivity index (χ0) is 11.8. The molecule has 0 atom stereocenters. The van der Waals surface area contributed by atoms with E-state index in [0.29, 0.717) is 18.8 Å². The molecule has 2 rings (SSSR count). The molecule has 16 heavy (non-hydrogen) atoms. The molecule has 0 saturated carbocycles. The van der Waals surface area contributed by atoms with Crippen molar-refractivity contribution in [2.75, 3.05) is 29.9 Å². The molecule has 0 amide bonds. The number of halogens is 1. The third-order valence-electron chi connectivity index (χ3n) is 2.59. The molecule has 1 aromatic carbocycles. The van der Waals surface area contributed by atoms with Gasteiger partial charge in [0.2, 0.25) is 0 Å². The number of nitrogens with zero attached hydrogens (tertiary/aromatic N) is 1. The van der Waals surface area contributed by atoms with Crippen LogP contribution in [0.3, 0.4) is 0 Å². The summed E-state index contributed by atoms with van der Waals surface area (Å²) < 4.78 is 13.5. The smallest absolute Gasteiger partial charge is 0.148 e. The molecule has 3 nitrogen and oxygen atoms in total. The molecule has 0 radical (unpaired) electrons. The molecule has 4 heteroatoms. The summed E-state index contributed by atoms with van der Waals surface area (Å²) >= 11 is 0. The normalized spacial score (nSPS) is 15.6. The molecule has 1 aromatic rings. The SMILES string of the molecule is CC(C)(O)CN1CCNc2c(F)cccc21. The van der Waals surface area contributed by atoms with Crippen LogP contribution in [0.5, 0.6) is 0 Å². The van der Waals surface area contributed by atoms with Gasteiger partial charge in [0.25, 0.3) is 0 Å². The summed E-state index contributed by atoms with van der Waals surface area (Å²) in [6.45, 7) is 5.50. The van der Waals surface area contributed by atoms with Crippen molar-refractivity contribution in [1.29, 1.82) is 0 Å². The molecule has 0 bridgehead atoms. The van der Waals surface area contributed by atoms with Crippen LogP contribution in [0.15, 0.2) is 18.2 Å². The number of hydrogen-bond acceptors (Lipinski definition) is 3. The van der Waals surface area contributed by atoms with Crippen LogP contribution in [0.25, 0.3) is 0 Å². The number of rotatable bonds is 2. The number of para-hydroxylation sites is 1. The summed E-state index contributed by atoms with van der Waals surface area (Å²) in [5.74, 6) is -0.238. The lowest BCUT2D eigenvalue weighted by Crippen LogP contribution is -2.43. The Morgan fingerprint density at radius 3 is 2.94 bits per heavy atom. The number of nitrogens with one attached hydrogen (secondary N) is 1. The summed E-state index contributed by atoms with van der Waals surface area (Å²) in [7, 11) is 0. The van der Waals surface area contributed by atoms with E-state index < -0.39 is 5.60 Å². The third-order valence-corrected chi connectivity index (χ3v) is 2.59. The van der Waals surface area contributed by atoms with E-state index in [0.717, 1.165) is 12.2 Å². The molecular formula is C12H17FN2O. The van der Waals surface area contributed by atoms with Crippen molar-refractivity contribution in [3.63, 3.8) is 0 Å². The molecule has 0 aliphatic carbocycles. The second-order valence-electron chi connectivity index (χ2n) is 4.79. The zero-order valence-corrected chi connectivity index (χ0v) is 9.63. The highest BCUT2D eigenvalue weighted by molar-refractivity contribution is 5.72. The first-order valence-electron chi connectivity index (χ1n) is 5.47. The maximum atomic E-state index is 13.5.